The molecule has 0 saturated carbocycles. The maximum Gasteiger partial charge on any atom is 0.338 e. The van der Waals surface area contributed by atoms with E-state index in [4.69, 9.17) is 4.74 Å². The molecule has 8 nitrogen and oxygen atoms in total. The molecule has 3 rings (SSSR count). The number of amides is 2. The van der Waals surface area contributed by atoms with Gasteiger partial charge in [0.15, 0.2) is 0 Å². The molecule has 9 heteroatoms. The van der Waals surface area contributed by atoms with E-state index in [2.05, 4.69) is 10.1 Å². The molecule has 1 heterocycles. The Morgan fingerprint density at radius 2 is 1.64 bits per heavy atom. The normalized spacial score (nSPS) is 14.5. The molecule has 1 aliphatic rings. The van der Waals surface area contributed by atoms with Gasteiger partial charge in [-0.2, -0.15) is 0 Å². The average molecular weight is 469 g/mol. The molecule has 1 aliphatic heterocycles. The summed E-state index contributed by atoms with van der Waals surface area (Å²) in [4.78, 5) is 49.9. The number of unbranched alkanes of at least 4 members (excludes halogenated alkanes) is 1. The number of anilines is 1. The Morgan fingerprint density at radius 1 is 1.00 bits per heavy atom. The molecular weight excluding hydrogens is 444 g/mol. The summed E-state index contributed by atoms with van der Waals surface area (Å²) in [5.74, 6) is -1.24. The van der Waals surface area contributed by atoms with Crippen molar-refractivity contribution in [2.75, 3.05) is 25.7 Å². The zero-order valence-electron chi connectivity index (χ0n) is 18.3. The quantitative estimate of drug-likeness (QED) is 0.325. The summed E-state index contributed by atoms with van der Waals surface area (Å²) in [6, 6.07) is 13.2. The molecule has 0 aliphatic carbocycles. The first-order valence-electron chi connectivity index (χ1n) is 10.4. The predicted octanol–water partition coefficient (Wildman–Crippen LogP) is 4.54. The summed E-state index contributed by atoms with van der Waals surface area (Å²) in [6.07, 6.45) is 3.36. The second-order valence-electron chi connectivity index (χ2n) is 7.13. The van der Waals surface area contributed by atoms with Crippen LogP contribution in [0.5, 0.6) is 0 Å². The lowest BCUT2D eigenvalue weighted by atomic mass is 10.1. The summed E-state index contributed by atoms with van der Waals surface area (Å²) in [6.45, 7) is 2.40. The van der Waals surface area contributed by atoms with E-state index in [0.29, 0.717) is 29.0 Å². The maximum absolute atomic E-state index is 12.7. The van der Waals surface area contributed by atoms with E-state index in [1.165, 1.54) is 7.11 Å². The molecule has 33 heavy (non-hydrogen) atoms. The van der Waals surface area contributed by atoms with Crippen molar-refractivity contribution in [2.45, 2.75) is 19.8 Å². The Kier molecular flexibility index (Phi) is 8.26. The third-order valence-corrected chi connectivity index (χ3v) is 5.70. The lowest BCUT2D eigenvalue weighted by Gasteiger charge is -2.14. The van der Waals surface area contributed by atoms with E-state index >= 15 is 0 Å². The molecule has 172 valence electrons. The summed E-state index contributed by atoms with van der Waals surface area (Å²) < 4.78 is 9.84. The summed E-state index contributed by atoms with van der Waals surface area (Å²) in [5.41, 5.74) is 2.17. The first-order valence-corrected chi connectivity index (χ1v) is 11.2. The predicted molar refractivity (Wildman–Crippen MR) is 126 cm³/mol. The second kappa shape index (κ2) is 11.3. The van der Waals surface area contributed by atoms with Crippen molar-refractivity contribution < 1.29 is 28.7 Å². The van der Waals surface area contributed by atoms with Crippen LogP contribution < -0.4 is 5.32 Å². The van der Waals surface area contributed by atoms with Gasteiger partial charge in [0, 0.05) is 5.69 Å². The van der Waals surface area contributed by atoms with Crippen LogP contribution in [0.25, 0.3) is 6.08 Å². The highest BCUT2D eigenvalue weighted by atomic mass is 32.2. The van der Waals surface area contributed by atoms with E-state index in [1.807, 2.05) is 6.92 Å². The van der Waals surface area contributed by atoms with Crippen molar-refractivity contribution in [3.05, 3.63) is 70.1 Å². The molecule has 1 saturated heterocycles. The van der Waals surface area contributed by atoms with Crippen LogP contribution in [0.1, 0.15) is 46.0 Å². The fourth-order valence-corrected chi connectivity index (χ4v) is 3.75. The van der Waals surface area contributed by atoms with Crippen LogP contribution in [0, 0.1) is 0 Å². The molecule has 0 radical (unpaired) electrons. The Morgan fingerprint density at radius 3 is 2.27 bits per heavy atom. The van der Waals surface area contributed by atoms with Gasteiger partial charge < -0.3 is 14.8 Å². The van der Waals surface area contributed by atoms with Gasteiger partial charge in [-0.3, -0.25) is 14.5 Å². The highest BCUT2D eigenvalue weighted by molar-refractivity contribution is 8.18. The largest absolute Gasteiger partial charge is 0.465 e. The molecule has 2 amide bonds. The third kappa shape index (κ3) is 6.23. The van der Waals surface area contributed by atoms with Crippen molar-refractivity contribution in [1.29, 1.82) is 0 Å². The lowest BCUT2D eigenvalue weighted by molar-refractivity contribution is -0.122. The second-order valence-corrected chi connectivity index (χ2v) is 8.12. The number of hydrogen-bond donors (Lipinski definition) is 1. The maximum atomic E-state index is 12.7. The van der Waals surface area contributed by atoms with Gasteiger partial charge in [-0.25, -0.2) is 9.59 Å². The van der Waals surface area contributed by atoms with Gasteiger partial charge in [-0.1, -0.05) is 25.5 Å². The van der Waals surface area contributed by atoms with Crippen molar-refractivity contribution in [2.24, 2.45) is 0 Å². The van der Waals surface area contributed by atoms with Crippen LogP contribution in [0.4, 0.5) is 10.5 Å². The minimum absolute atomic E-state index is 0.0103. The standard InChI is InChI=1S/C24H24N2O6S/c1-3-4-13-32-23(29)18-9-11-19(12-10-18)25-15-26-21(27)20(33-24(26)30)14-16-5-7-17(8-6-16)22(28)31-2/h5-12,14,25H,3-4,13,15H2,1-2H3. The van der Waals surface area contributed by atoms with Crippen LogP contribution in [-0.2, 0) is 14.3 Å². The molecule has 0 bridgehead atoms. The number of nitrogens with one attached hydrogen (secondary N) is 1. The molecule has 0 unspecified atom stereocenters. The number of benzene rings is 2. The van der Waals surface area contributed by atoms with Crippen molar-refractivity contribution >= 4 is 46.6 Å². The van der Waals surface area contributed by atoms with E-state index in [1.54, 1.807) is 54.6 Å². The van der Waals surface area contributed by atoms with E-state index in [9.17, 15) is 19.2 Å². The molecule has 2 aromatic rings. The fourth-order valence-electron chi connectivity index (χ4n) is 2.91. The Hall–Kier alpha value is -3.59. The van der Waals surface area contributed by atoms with Crippen LogP contribution >= 0.6 is 11.8 Å². The van der Waals surface area contributed by atoms with Gasteiger partial charge in [-0.05, 0) is 66.2 Å². The highest BCUT2D eigenvalue weighted by Gasteiger charge is 2.34. The average Bonchev–Trinajstić information content (AvgIpc) is 3.10. The Balaban J connectivity index is 1.58. The van der Waals surface area contributed by atoms with Gasteiger partial charge in [0.2, 0.25) is 0 Å². The number of carbonyl (C=O) groups is 4. The minimum Gasteiger partial charge on any atom is -0.465 e. The smallest absolute Gasteiger partial charge is 0.338 e. The van der Waals surface area contributed by atoms with Crippen LogP contribution in [0.15, 0.2) is 53.4 Å². The number of imide groups is 1. The summed E-state index contributed by atoms with van der Waals surface area (Å²) in [5, 5.41) is 2.63. The Labute approximate surface area is 195 Å². The summed E-state index contributed by atoms with van der Waals surface area (Å²) in [7, 11) is 1.30. The van der Waals surface area contributed by atoms with E-state index in [0.717, 1.165) is 29.5 Å². The number of esters is 2. The third-order valence-electron chi connectivity index (χ3n) is 4.80. The van der Waals surface area contributed by atoms with Crippen molar-refractivity contribution in [3.8, 4) is 0 Å². The topological polar surface area (TPSA) is 102 Å². The number of ether oxygens (including phenoxy) is 2. The number of thioether (sulfide) groups is 1. The fraction of sp³-hybridized carbons (Fsp3) is 0.250. The molecular formula is C24H24N2O6S. The van der Waals surface area contributed by atoms with Crippen LogP contribution in [0.3, 0.4) is 0 Å². The zero-order valence-corrected chi connectivity index (χ0v) is 19.1. The summed E-state index contributed by atoms with van der Waals surface area (Å²) >= 11 is 0.848. The number of methoxy groups -OCH3 is 1. The SMILES string of the molecule is CCCCOC(=O)c1ccc(NCN2C(=O)SC(=Cc3ccc(C(=O)OC)cc3)C2=O)cc1. The Bertz CT molecular complexity index is 1060. The number of hydrogen-bond acceptors (Lipinski definition) is 8. The van der Waals surface area contributed by atoms with Crippen molar-refractivity contribution in [1.82, 2.24) is 4.90 Å². The molecule has 2 aromatic carbocycles. The van der Waals surface area contributed by atoms with Crippen LogP contribution in [0.2, 0.25) is 0 Å². The van der Waals surface area contributed by atoms with Gasteiger partial charge in [0.1, 0.15) is 0 Å². The molecule has 1 N–H and O–H groups in total. The first kappa shape index (κ1) is 24.1. The van der Waals surface area contributed by atoms with Crippen LogP contribution in [-0.4, -0.2) is 48.4 Å². The molecule has 1 fully saturated rings. The zero-order chi connectivity index (χ0) is 23.8. The number of nitrogens with zero attached hydrogens (tertiary/aromatic N) is 1. The van der Waals surface area contributed by atoms with Crippen molar-refractivity contribution in [3.63, 3.8) is 0 Å². The van der Waals surface area contributed by atoms with Gasteiger partial charge in [0.05, 0.1) is 36.4 Å². The van der Waals surface area contributed by atoms with E-state index < -0.39 is 11.9 Å². The van der Waals surface area contributed by atoms with E-state index in [-0.39, 0.29) is 22.8 Å². The molecule has 0 spiro atoms. The highest BCUT2D eigenvalue weighted by Crippen LogP contribution is 2.32. The first-order chi connectivity index (χ1) is 15.9. The van der Waals surface area contributed by atoms with Gasteiger partial charge in [-0.15, -0.1) is 0 Å². The number of rotatable bonds is 9. The number of carbonyl (C=O) groups excluding carboxylic acids is 4. The minimum atomic E-state index is -0.450. The lowest BCUT2D eigenvalue weighted by Crippen LogP contribution is -2.33. The molecule has 0 aromatic heterocycles. The van der Waals surface area contributed by atoms with Gasteiger partial charge in [0.25, 0.3) is 11.1 Å². The molecule has 0 atom stereocenters. The monoisotopic (exact) mass is 468 g/mol. The van der Waals surface area contributed by atoms with Gasteiger partial charge >= 0.3 is 11.9 Å².